The Morgan fingerprint density at radius 3 is 2.46 bits per heavy atom. The summed E-state index contributed by atoms with van der Waals surface area (Å²) in [6.45, 7) is 2.03. The van der Waals surface area contributed by atoms with E-state index < -0.39 is 0 Å². The van der Waals surface area contributed by atoms with E-state index in [0.717, 1.165) is 18.5 Å². The predicted molar refractivity (Wildman–Crippen MR) is 95.3 cm³/mol. The van der Waals surface area contributed by atoms with E-state index in [2.05, 4.69) is 22.5 Å². The molecule has 0 radical (unpaired) electrons. The second-order valence-corrected chi connectivity index (χ2v) is 5.91. The molecule has 1 heterocycles. The first-order valence-electron chi connectivity index (χ1n) is 8.17. The maximum absolute atomic E-state index is 12.3. The molecule has 1 unspecified atom stereocenters. The number of carbonyl (C=O) groups is 1. The van der Waals surface area contributed by atoms with E-state index in [-0.39, 0.29) is 11.9 Å². The molecule has 0 aliphatic carbocycles. The standard InChI is InChI=1S/C20H21N3O/c1-16(12-13-17-8-4-2-5-9-17)22-20(24)18-14-21-23(15-18)19-10-6-3-7-11-19/h2-11,14-16H,12-13H2,1H3,(H,22,24). The largest absolute Gasteiger partial charge is 0.349 e. The van der Waals surface area contributed by atoms with Crippen LogP contribution in [0.5, 0.6) is 0 Å². The van der Waals surface area contributed by atoms with Gasteiger partial charge >= 0.3 is 0 Å². The van der Waals surface area contributed by atoms with Crippen LogP contribution in [-0.4, -0.2) is 21.7 Å². The molecular weight excluding hydrogens is 298 g/mol. The molecule has 4 nitrogen and oxygen atoms in total. The van der Waals surface area contributed by atoms with Crippen LogP contribution in [0, 0.1) is 0 Å². The number of para-hydroxylation sites is 1. The predicted octanol–water partition coefficient (Wildman–Crippen LogP) is 3.62. The number of nitrogens with zero attached hydrogens (tertiary/aromatic N) is 2. The van der Waals surface area contributed by atoms with Gasteiger partial charge in [0.25, 0.3) is 5.91 Å². The second kappa shape index (κ2) is 7.59. The number of nitrogens with one attached hydrogen (secondary N) is 1. The van der Waals surface area contributed by atoms with Crippen molar-refractivity contribution in [3.8, 4) is 5.69 Å². The highest BCUT2D eigenvalue weighted by molar-refractivity contribution is 5.93. The SMILES string of the molecule is CC(CCc1ccccc1)NC(=O)c1cnn(-c2ccccc2)c1. The summed E-state index contributed by atoms with van der Waals surface area (Å²) in [5.74, 6) is -0.0854. The Morgan fingerprint density at radius 2 is 1.75 bits per heavy atom. The zero-order valence-electron chi connectivity index (χ0n) is 13.7. The summed E-state index contributed by atoms with van der Waals surface area (Å²) in [4.78, 5) is 12.3. The molecule has 0 saturated heterocycles. The third kappa shape index (κ3) is 4.10. The Kier molecular flexibility index (Phi) is 5.06. The summed E-state index contributed by atoms with van der Waals surface area (Å²) in [6.07, 6.45) is 5.22. The van der Waals surface area contributed by atoms with Crippen molar-refractivity contribution in [2.75, 3.05) is 0 Å². The summed E-state index contributed by atoms with van der Waals surface area (Å²) in [6, 6.07) is 20.2. The number of hydrogen-bond donors (Lipinski definition) is 1. The first-order chi connectivity index (χ1) is 11.7. The molecule has 0 spiro atoms. The minimum Gasteiger partial charge on any atom is -0.349 e. The number of rotatable bonds is 6. The van der Waals surface area contributed by atoms with Crippen LogP contribution in [0.3, 0.4) is 0 Å². The van der Waals surface area contributed by atoms with E-state index in [9.17, 15) is 4.79 Å². The lowest BCUT2D eigenvalue weighted by Gasteiger charge is -2.13. The van der Waals surface area contributed by atoms with Crippen LogP contribution in [0.25, 0.3) is 5.69 Å². The van der Waals surface area contributed by atoms with Crippen LogP contribution in [0.15, 0.2) is 73.1 Å². The lowest BCUT2D eigenvalue weighted by atomic mass is 10.1. The fourth-order valence-corrected chi connectivity index (χ4v) is 2.57. The maximum atomic E-state index is 12.3. The Bertz CT molecular complexity index is 781. The molecule has 4 heteroatoms. The maximum Gasteiger partial charge on any atom is 0.254 e. The second-order valence-electron chi connectivity index (χ2n) is 5.91. The Balaban J connectivity index is 1.56. The lowest BCUT2D eigenvalue weighted by molar-refractivity contribution is 0.0938. The van der Waals surface area contributed by atoms with Gasteiger partial charge in [-0.05, 0) is 37.5 Å². The molecule has 3 rings (SSSR count). The zero-order valence-corrected chi connectivity index (χ0v) is 13.7. The number of hydrogen-bond acceptors (Lipinski definition) is 2. The number of benzene rings is 2. The van der Waals surface area contributed by atoms with Crippen LogP contribution in [0.2, 0.25) is 0 Å². The minimum absolute atomic E-state index is 0.0854. The normalized spacial score (nSPS) is 11.9. The van der Waals surface area contributed by atoms with Gasteiger partial charge in [0.2, 0.25) is 0 Å². The molecule has 24 heavy (non-hydrogen) atoms. The topological polar surface area (TPSA) is 46.9 Å². The molecule has 2 aromatic carbocycles. The third-order valence-corrected chi connectivity index (χ3v) is 3.95. The van der Waals surface area contributed by atoms with Crippen molar-refractivity contribution in [3.05, 3.63) is 84.2 Å². The average Bonchev–Trinajstić information content (AvgIpc) is 3.12. The van der Waals surface area contributed by atoms with Crippen molar-refractivity contribution in [2.45, 2.75) is 25.8 Å². The van der Waals surface area contributed by atoms with Crippen LogP contribution in [0.1, 0.15) is 29.3 Å². The summed E-state index contributed by atoms with van der Waals surface area (Å²) in [7, 11) is 0. The van der Waals surface area contributed by atoms with Crippen molar-refractivity contribution >= 4 is 5.91 Å². The Labute approximate surface area is 142 Å². The highest BCUT2D eigenvalue weighted by atomic mass is 16.1. The van der Waals surface area contributed by atoms with E-state index in [1.165, 1.54) is 5.56 Å². The highest BCUT2D eigenvalue weighted by Gasteiger charge is 2.12. The molecule has 0 aliphatic rings. The van der Waals surface area contributed by atoms with Gasteiger partial charge in [-0.1, -0.05) is 48.5 Å². The lowest BCUT2D eigenvalue weighted by Crippen LogP contribution is -2.32. The van der Waals surface area contributed by atoms with E-state index in [1.54, 1.807) is 17.1 Å². The number of amides is 1. The summed E-state index contributed by atoms with van der Waals surface area (Å²) >= 11 is 0. The van der Waals surface area contributed by atoms with Gasteiger partial charge in [0.1, 0.15) is 0 Å². The van der Waals surface area contributed by atoms with E-state index in [4.69, 9.17) is 0 Å². The molecule has 0 fully saturated rings. The minimum atomic E-state index is -0.0854. The molecule has 0 saturated carbocycles. The van der Waals surface area contributed by atoms with Gasteiger partial charge in [-0.2, -0.15) is 5.10 Å². The molecule has 122 valence electrons. The van der Waals surface area contributed by atoms with Crippen LogP contribution < -0.4 is 5.32 Å². The van der Waals surface area contributed by atoms with Crippen molar-refractivity contribution in [2.24, 2.45) is 0 Å². The van der Waals surface area contributed by atoms with Crippen LogP contribution in [-0.2, 0) is 6.42 Å². The fourth-order valence-electron chi connectivity index (χ4n) is 2.57. The van der Waals surface area contributed by atoms with Gasteiger partial charge in [0.15, 0.2) is 0 Å². The summed E-state index contributed by atoms with van der Waals surface area (Å²) < 4.78 is 1.71. The first-order valence-corrected chi connectivity index (χ1v) is 8.17. The fraction of sp³-hybridized carbons (Fsp3) is 0.200. The van der Waals surface area contributed by atoms with Gasteiger partial charge in [0, 0.05) is 12.2 Å². The number of aryl methyl sites for hydroxylation is 1. The van der Waals surface area contributed by atoms with Crippen molar-refractivity contribution < 1.29 is 4.79 Å². The summed E-state index contributed by atoms with van der Waals surface area (Å²) in [5.41, 5.74) is 2.80. The Morgan fingerprint density at radius 1 is 1.08 bits per heavy atom. The molecule has 0 aliphatic heterocycles. The van der Waals surface area contributed by atoms with Gasteiger partial charge in [-0.15, -0.1) is 0 Å². The highest BCUT2D eigenvalue weighted by Crippen LogP contribution is 2.09. The van der Waals surface area contributed by atoms with Crippen LogP contribution >= 0.6 is 0 Å². The molecule has 1 N–H and O–H groups in total. The van der Waals surface area contributed by atoms with E-state index >= 15 is 0 Å². The van der Waals surface area contributed by atoms with Gasteiger partial charge < -0.3 is 5.32 Å². The summed E-state index contributed by atoms with van der Waals surface area (Å²) in [5, 5.41) is 7.30. The zero-order chi connectivity index (χ0) is 16.8. The molecule has 3 aromatic rings. The number of aromatic nitrogens is 2. The van der Waals surface area contributed by atoms with Crippen LogP contribution in [0.4, 0.5) is 0 Å². The van der Waals surface area contributed by atoms with Gasteiger partial charge in [-0.25, -0.2) is 4.68 Å². The van der Waals surface area contributed by atoms with Crippen molar-refractivity contribution in [1.82, 2.24) is 15.1 Å². The van der Waals surface area contributed by atoms with E-state index in [0.29, 0.717) is 5.56 Å². The third-order valence-electron chi connectivity index (χ3n) is 3.95. The quantitative estimate of drug-likeness (QED) is 0.754. The monoisotopic (exact) mass is 319 g/mol. The van der Waals surface area contributed by atoms with E-state index in [1.807, 2.05) is 55.5 Å². The van der Waals surface area contributed by atoms with Gasteiger partial charge in [0.05, 0.1) is 17.4 Å². The number of carbonyl (C=O) groups excluding carboxylic acids is 1. The Hall–Kier alpha value is -2.88. The molecular formula is C20H21N3O. The molecule has 0 bridgehead atoms. The molecule has 1 aromatic heterocycles. The molecule has 1 atom stereocenters. The van der Waals surface area contributed by atoms with Crippen molar-refractivity contribution in [3.63, 3.8) is 0 Å². The van der Waals surface area contributed by atoms with Crippen molar-refractivity contribution in [1.29, 1.82) is 0 Å². The first kappa shape index (κ1) is 16.0. The smallest absolute Gasteiger partial charge is 0.254 e. The van der Waals surface area contributed by atoms with Gasteiger partial charge in [-0.3, -0.25) is 4.79 Å². The average molecular weight is 319 g/mol. The molecule has 1 amide bonds.